The van der Waals surface area contributed by atoms with Crippen molar-refractivity contribution in [3.05, 3.63) is 53.6 Å². The molecule has 0 saturated carbocycles. The van der Waals surface area contributed by atoms with E-state index in [1.54, 1.807) is 43.5 Å². The summed E-state index contributed by atoms with van der Waals surface area (Å²) in [6, 6.07) is 13.0. The van der Waals surface area contributed by atoms with E-state index in [2.05, 4.69) is 10.2 Å². The number of anilines is 1. The molecule has 2 atom stereocenters. The van der Waals surface area contributed by atoms with Crippen molar-refractivity contribution in [2.45, 2.75) is 42.7 Å². The zero-order valence-electron chi connectivity index (χ0n) is 18.0. The fraction of sp³-hybridized carbons (Fsp3) is 0.435. The molecule has 0 spiro atoms. The van der Waals surface area contributed by atoms with Crippen molar-refractivity contribution in [2.24, 2.45) is 0 Å². The Hall–Kier alpha value is -2.29. The number of hydrogen-bond donors (Lipinski definition) is 1. The van der Waals surface area contributed by atoms with E-state index in [0.717, 1.165) is 37.2 Å². The number of nitrogens with zero attached hydrogens (tertiary/aromatic N) is 2. The average molecular weight is 478 g/mol. The Morgan fingerprint density at radius 3 is 2.62 bits per heavy atom. The molecule has 1 amide bonds. The normalized spacial score (nSPS) is 22.0. The summed E-state index contributed by atoms with van der Waals surface area (Å²) >= 11 is 6.17. The number of amides is 1. The topological polar surface area (TPSA) is 79.0 Å². The molecule has 1 N–H and O–H groups in total. The number of nitrogens with one attached hydrogen (secondary N) is 1. The van der Waals surface area contributed by atoms with Crippen LogP contribution in [0.15, 0.2) is 53.4 Å². The molecule has 2 heterocycles. The zero-order chi connectivity index (χ0) is 22.7. The Bertz CT molecular complexity index is 1060. The quantitative estimate of drug-likeness (QED) is 0.690. The Kier molecular flexibility index (Phi) is 6.93. The van der Waals surface area contributed by atoms with Gasteiger partial charge in [-0.25, -0.2) is 8.42 Å². The maximum atomic E-state index is 13.2. The van der Waals surface area contributed by atoms with Gasteiger partial charge in [-0.3, -0.25) is 4.79 Å². The summed E-state index contributed by atoms with van der Waals surface area (Å²) in [5, 5.41) is 3.72. The second-order valence-corrected chi connectivity index (χ2v) is 10.5. The third kappa shape index (κ3) is 4.72. The van der Waals surface area contributed by atoms with Crippen molar-refractivity contribution in [3.63, 3.8) is 0 Å². The minimum absolute atomic E-state index is 0.0746. The lowest BCUT2D eigenvalue weighted by Gasteiger charge is -2.34. The van der Waals surface area contributed by atoms with Crippen molar-refractivity contribution in [2.75, 3.05) is 31.6 Å². The molecule has 2 aromatic carbocycles. The highest BCUT2D eigenvalue weighted by Gasteiger charge is 2.38. The third-order valence-electron chi connectivity index (χ3n) is 6.12. The van der Waals surface area contributed by atoms with Crippen molar-refractivity contribution >= 4 is 33.2 Å². The van der Waals surface area contributed by atoms with Gasteiger partial charge in [-0.15, -0.1) is 0 Å². The van der Waals surface area contributed by atoms with Crippen LogP contribution in [0.1, 0.15) is 25.7 Å². The predicted octanol–water partition coefficient (Wildman–Crippen LogP) is 3.29. The summed E-state index contributed by atoms with van der Waals surface area (Å²) in [7, 11) is -2.11. The first-order valence-corrected chi connectivity index (χ1v) is 12.7. The van der Waals surface area contributed by atoms with Gasteiger partial charge >= 0.3 is 0 Å². The molecule has 2 fully saturated rings. The number of rotatable bonds is 6. The molecule has 32 heavy (non-hydrogen) atoms. The molecule has 2 saturated heterocycles. The number of halogens is 1. The molecule has 2 aromatic rings. The Labute approximate surface area is 194 Å². The highest BCUT2D eigenvalue weighted by atomic mass is 35.5. The van der Waals surface area contributed by atoms with Crippen molar-refractivity contribution < 1.29 is 17.9 Å². The van der Waals surface area contributed by atoms with E-state index in [4.69, 9.17) is 16.3 Å². The van der Waals surface area contributed by atoms with Crippen LogP contribution in [0.3, 0.4) is 0 Å². The number of piperidine rings is 1. The summed E-state index contributed by atoms with van der Waals surface area (Å²) in [5.41, 5.74) is 0.891. The molecule has 2 aliphatic rings. The number of ether oxygens (including phenoxy) is 1. The van der Waals surface area contributed by atoms with Gasteiger partial charge < -0.3 is 15.0 Å². The van der Waals surface area contributed by atoms with Crippen molar-refractivity contribution in [1.82, 2.24) is 9.62 Å². The fourth-order valence-corrected chi connectivity index (χ4v) is 6.33. The van der Waals surface area contributed by atoms with Crippen LogP contribution in [0.5, 0.6) is 5.75 Å². The average Bonchev–Trinajstić information content (AvgIpc) is 3.28. The Morgan fingerprint density at radius 1 is 1.09 bits per heavy atom. The van der Waals surface area contributed by atoms with Gasteiger partial charge in [0.15, 0.2) is 0 Å². The second kappa shape index (κ2) is 9.68. The molecule has 0 bridgehead atoms. The lowest BCUT2D eigenvalue weighted by molar-refractivity contribution is -0.126. The van der Waals surface area contributed by atoms with Crippen LogP contribution < -0.4 is 15.0 Å². The third-order valence-corrected chi connectivity index (χ3v) is 8.28. The summed E-state index contributed by atoms with van der Waals surface area (Å²) < 4.78 is 33.2. The largest absolute Gasteiger partial charge is 0.495 e. The molecule has 2 aliphatic heterocycles. The minimum atomic E-state index is -3.73. The van der Waals surface area contributed by atoms with Crippen LogP contribution in [0.2, 0.25) is 5.02 Å². The smallest absolute Gasteiger partial charge is 0.243 e. The zero-order valence-corrected chi connectivity index (χ0v) is 19.6. The van der Waals surface area contributed by atoms with Gasteiger partial charge in [0, 0.05) is 30.7 Å². The highest BCUT2D eigenvalue weighted by molar-refractivity contribution is 7.89. The SMILES string of the molecule is COc1ccc(Cl)cc1N1CCC(NC(=O)C2CCCCN2S(=O)(=O)c2ccccc2)C1. The van der Waals surface area contributed by atoms with E-state index in [0.29, 0.717) is 24.5 Å². The fourth-order valence-electron chi connectivity index (χ4n) is 4.49. The highest BCUT2D eigenvalue weighted by Crippen LogP contribution is 2.33. The first kappa shape index (κ1) is 22.9. The van der Waals surface area contributed by atoms with Gasteiger partial charge in [-0.1, -0.05) is 36.2 Å². The monoisotopic (exact) mass is 477 g/mol. The summed E-state index contributed by atoms with van der Waals surface area (Å²) in [6.07, 6.45) is 2.87. The number of methoxy groups -OCH3 is 1. The second-order valence-electron chi connectivity index (χ2n) is 8.20. The van der Waals surface area contributed by atoms with Crippen molar-refractivity contribution in [3.8, 4) is 5.75 Å². The first-order chi connectivity index (χ1) is 15.4. The van der Waals surface area contributed by atoms with Crippen LogP contribution in [-0.2, 0) is 14.8 Å². The Balaban J connectivity index is 1.46. The van der Waals surface area contributed by atoms with Crippen molar-refractivity contribution in [1.29, 1.82) is 0 Å². The lowest BCUT2D eigenvalue weighted by atomic mass is 10.0. The van der Waals surface area contributed by atoms with Crippen LogP contribution in [-0.4, -0.2) is 57.5 Å². The standard InChI is InChI=1S/C23H28ClN3O4S/c1-31-22-11-10-17(24)15-21(22)26-14-12-18(16-26)25-23(28)20-9-5-6-13-27(20)32(29,30)19-7-3-2-4-8-19/h2-4,7-8,10-11,15,18,20H,5-6,9,12-14,16H2,1H3,(H,25,28). The lowest BCUT2D eigenvalue weighted by Crippen LogP contribution is -2.53. The molecule has 7 nitrogen and oxygen atoms in total. The molecule has 0 aromatic heterocycles. The predicted molar refractivity (Wildman–Crippen MR) is 125 cm³/mol. The van der Waals surface area contributed by atoms with Gasteiger partial charge in [0.1, 0.15) is 11.8 Å². The molecule has 172 valence electrons. The molecule has 0 aliphatic carbocycles. The first-order valence-electron chi connectivity index (χ1n) is 10.9. The number of carbonyl (C=O) groups is 1. The van der Waals surface area contributed by atoms with E-state index < -0.39 is 16.1 Å². The van der Waals surface area contributed by atoms with Gasteiger partial charge in [0.2, 0.25) is 15.9 Å². The van der Waals surface area contributed by atoms with E-state index in [1.165, 1.54) is 4.31 Å². The van der Waals surface area contributed by atoms with Gasteiger partial charge in [0.25, 0.3) is 0 Å². The molecule has 4 rings (SSSR count). The summed E-state index contributed by atoms with van der Waals surface area (Å²) in [4.78, 5) is 15.5. The maximum Gasteiger partial charge on any atom is 0.243 e. The molecular formula is C23H28ClN3O4S. The van der Waals surface area contributed by atoms with E-state index >= 15 is 0 Å². The Morgan fingerprint density at radius 2 is 1.88 bits per heavy atom. The minimum Gasteiger partial charge on any atom is -0.495 e. The molecule has 9 heteroatoms. The van der Waals surface area contributed by atoms with Gasteiger partial charge in [-0.2, -0.15) is 4.31 Å². The summed E-state index contributed by atoms with van der Waals surface area (Å²) in [5.74, 6) is 0.503. The van der Waals surface area contributed by atoms with E-state index in [-0.39, 0.29) is 16.8 Å². The van der Waals surface area contributed by atoms with Gasteiger partial charge in [0.05, 0.1) is 17.7 Å². The van der Waals surface area contributed by atoms with E-state index in [1.807, 2.05) is 12.1 Å². The number of hydrogen-bond acceptors (Lipinski definition) is 5. The van der Waals surface area contributed by atoms with Crippen LogP contribution in [0, 0.1) is 0 Å². The number of sulfonamides is 1. The van der Waals surface area contributed by atoms with Crippen LogP contribution in [0.4, 0.5) is 5.69 Å². The molecule has 2 unspecified atom stereocenters. The van der Waals surface area contributed by atoms with Crippen LogP contribution in [0.25, 0.3) is 0 Å². The maximum absolute atomic E-state index is 13.2. The molecular weight excluding hydrogens is 450 g/mol. The molecule has 0 radical (unpaired) electrons. The number of carbonyl (C=O) groups excluding carboxylic acids is 1. The van der Waals surface area contributed by atoms with Gasteiger partial charge in [-0.05, 0) is 49.6 Å². The number of benzene rings is 2. The summed E-state index contributed by atoms with van der Waals surface area (Å²) in [6.45, 7) is 1.71. The van der Waals surface area contributed by atoms with E-state index in [9.17, 15) is 13.2 Å². The van der Waals surface area contributed by atoms with Crippen LogP contribution >= 0.6 is 11.6 Å².